The predicted octanol–water partition coefficient (Wildman–Crippen LogP) is 2.53. The number of ether oxygens (including phenoxy) is 1. The number of hydrogen-bond acceptors (Lipinski definition) is 4. The average molecular weight is 517 g/mol. The number of guanidine groups is 1. The number of hydrogen-bond donors (Lipinski definition) is 3. The summed E-state index contributed by atoms with van der Waals surface area (Å²) in [5.74, 6) is 1.63. The first-order valence-electron chi connectivity index (χ1n) is 10.3. The summed E-state index contributed by atoms with van der Waals surface area (Å²) in [7, 11) is 1.69. The number of likely N-dealkylation sites (tertiary alicyclic amines) is 1. The van der Waals surface area contributed by atoms with Crippen molar-refractivity contribution in [3.63, 3.8) is 0 Å². The van der Waals surface area contributed by atoms with Gasteiger partial charge in [-0.05, 0) is 50.6 Å². The molecule has 1 unspecified atom stereocenters. The molecule has 0 spiro atoms. The number of halogens is 1. The lowest BCUT2D eigenvalue weighted by atomic mass is 10.0. The first kappa shape index (κ1) is 25.5. The van der Waals surface area contributed by atoms with Crippen molar-refractivity contribution < 1.29 is 9.53 Å². The molecule has 1 aliphatic heterocycles. The van der Waals surface area contributed by atoms with Crippen LogP contribution >= 0.6 is 24.0 Å². The molecule has 0 aromatic heterocycles. The van der Waals surface area contributed by atoms with E-state index in [0.29, 0.717) is 19.6 Å². The van der Waals surface area contributed by atoms with Gasteiger partial charge in [-0.25, -0.2) is 0 Å². The first-order valence-corrected chi connectivity index (χ1v) is 10.3. The molecule has 0 bridgehead atoms. The van der Waals surface area contributed by atoms with Crippen LogP contribution in [0.5, 0.6) is 5.75 Å². The van der Waals surface area contributed by atoms with E-state index in [9.17, 15) is 4.79 Å². The van der Waals surface area contributed by atoms with E-state index in [-0.39, 0.29) is 35.9 Å². The van der Waals surface area contributed by atoms with E-state index in [0.717, 1.165) is 31.3 Å². The molecule has 1 aromatic carbocycles. The second-order valence-corrected chi connectivity index (χ2v) is 7.01. The van der Waals surface area contributed by atoms with Gasteiger partial charge in [0.1, 0.15) is 5.75 Å². The summed E-state index contributed by atoms with van der Waals surface area (Å²) in [5.41, 5.74) is 1.26. The van der Waals surface area contributed by atoms with E-state index >= 15 is 0 Å². The molecule has 1 saturated heterocycles. The monoisotopic (exact) mass is 517 g/mol. The van der Waals surface area contributed by atoms with E-state index in [1.807, 2.05) is 12.1 Å². The van der Waals surface area contributed by atoms with Crippen molar-refractivity contribution in [1.29, 1.82) is 0 Å². The molecule has 8 heteroatoms. The standard InChI is InChI=1S/C21H35N5O2.HI/c1-4-22-21(24-13-12-23-17(2)27)25-16-20(26-14-6-5-7-15-26)18-8-10-19(28-3)11-9-18;/h8-11,20H,4-7,12-16H2,1-3H3,(H,23,27)(H2,22,24,25);1H. The maximum absolute atomic E-state index is 11.0. The van der Waals surface area contributed by atoms with Gasteiger partial charge in [0.2, 0.25) is 5.91 Å². The van der Waals surface area contributed by atoms with Crippen molar-refractivity contribution in [2.24, 2.45) is 4.99 Å². The van der Waals surface area contributed by atoms with Gasteiger partial charge >= 0.3 is 0 Å². The van der Waals surface area contributed by atoms with Gasteiger partial charge in [0.05, 0.1) is 19.7 Å². The highest BCUT2D eigenvalue weighted by molar-refractivity contribution is 14.0. The molecule has 3 N–H and O–H groups in total. The lowest BCUT2D eigenvalue weighted by Gasteiger charge is -2.34. The Labute approximate surface area is 192 Å². The Morgan fingerprint density at radius 2 is 1.76 bits per heavy atom. The molecule has 0 saturated carbocycles. The summed E-state index contributed by atoms with van der Waals surface area (Å²) < 4.78 is 5.31. The van der Waals surface area contributed by atoms with Crippen LogP contribution in [0.1, 0.15) is 44.7 Å². The number of amides is 1. The van der Waals surface area contributed by atoms with Crippen LogP contribution in [0.4, 0.5) is 0 Å². The number of piperidine rings is 1. The van der Waals surface area contributed by atoms with Gasteiger partial charge in [-0.1, -0.05) is 18.6 Å². The Morgan fingerprint density at radius 1 is 1.10 bits per heavy atom. The Bertz CT molecular complexity index is 618. The number of methoxy groups -OCH3 is 1. The molecular formula is C21H36IN5O2. The van der Waals surface area contributed by atoms with Gasteiger partial charge in [0.25, 0.3) is 0 Å². The van der Waals surface area contributed by atoms with Crippen LogP contribution in [0.3, 0.4) is 0 Å². The largest absolute Gasteiger partial charge is 0.497 e. The first-order chi connectivity index (χ1) is 13.6. The maximum Gasteiger partial charge on any atom is 0.216 e. The summed E-state index contributed by atoms with van der Waals surface area (Å²) in [6, 6.07) is 8.58. The third-order valence-electron chi connectivity index (χ3n) is 4.89. The fourth-order valence-corrected chi connectivity index (χ4v) is 3.43. The number of aliphatic imine (C=N–C) groups is 1. The molecular weight excluding hydrogens is 481 g/mol. The van der Waals surface area contributed by atoms with Crippen molar-refractivity contribution in [1.82, 2.24) is 20.9 Å². The Morgan fingerprint density at radius 3 is 2.34 bits per heavy atom. The van der Waals surface area contributed by atoms with Crippen LogP contribution in [0.25, 0.3) is 0 Å². The van der Waals surface area contributed by atoms with Crippen LogP contribution in [0.2, 0.25) is 0 Å². The predicted molar refractivity (Wildman–Crippen MR) is 129 cm³/mol. The fourth-order valence-electron chi connectivity index (χ4n) is 3.43. The van der Waals surface area contributed by atoms with Crippen LogP contribution in [0, 0.1) is 0 Å². The van der Waals surface area contributed by atoms with Crippen LogP contribution in [-0.2, 0) is 4.79 Å². The summed E-state index contributed by atoms with van der Waals surface area (Å²) in [6.45, 7) is 8.49. The molecule has 1 amide bonds. The molecule has 1 aliphatic rings. The Hall–Kier alpha value is -1.55. The van der Waals surface area contributed by atoms with E-state index in [1.54, 1.807) is 7.11 Å². The van der Waals surface area contributed by atoms with Crippen LogP contribution in [0.15, 0.2) is 29.3 Å². The Kier molecular flexibility index (Phi) is 12.7. The number of carbonyl (C=O) groups excluding carboxylic acids is 1. The summed E-state index contributed by atoms with van der Waals surface area (Å²) >= 11 is 0. The van der Waals surface area contributed by atoms with E-state index < -0.39 is 0 Å². The van der Waals surface area contributed by atoms with E-state index in [1.165, 1.54) is 31.7 Å². The molecule has 1 aromatic rings. The highest BCUT2D eigenvalue weighted by Crippen LogP contribution is 2.26. The average Bonchev–Trinajstić information content (AvgIpc) is 2.72. The number of nitrogens with zero attached hydrogens (tertiary/aromatic N) is 2. The minimum Gasteiger partial charge on any atom is -0.497 e. The van der Waals surface area contributed by atoms with E-state index in [4.69, 9.17) is 9.73 Å². The maximum atomic E-state index is 11.0. The van der Waals surface area contributed by atoms with Crippen LogP contribution in [-0.4, -0.2) is 63.1 Å². The van der Waals surface area contributed by atoms with Gasteiger partial charge in [-0.3, -0.25) is 14.7 Å². The summed E-state index contributed by atoms with van der Waals surface area (Å²) in [5, 5.41) is 9.37. The normalized spacial score (nSPS) is 15.8. The lowest BCUT2D eigenvalue weighted by molar-refractivity contribution is -0.118. The van der Waals surface area contributed by atoms with E-state index in [2.05, 4.69) is 39.9 Å². The topological polar surface area (TPSA) is 78.0 Å². The highest BCUT2D eigenvalue weighted by Gasteiger charge is 2.22. The molecule has 1 heterocycles. The number of rotatable bonds is 9. The summed E-state index contributed by atoms with van der Waals surface area (Å²) in [6.07, 6.45) is 3.79. The molecule has 0 aliphatic carbocycles. The molecule has 7 nitrogen and oxygen atoms in total. The van der Waals surface area contributed by atoms with Crippen molar-refractivity contribution >= 4 is 35.8 Å². The van der Waals surface area contributed by atoms with Gasteiger partial charge in [0.15, 0.2) is 5.96 Å². The Balaban J connectivity index is 0.00000420. The third kappa shape index (κ3) is 9.20. The number of benzene rings is 1. The second kappa shape index (κ2) is 14.4. The number of carbonyl (C=O) groups is 1. The SMILES string of the molecule is CCNC(=NCC(c1ccc(OC)cc1)N1CCCCC1)NCCNC(C)=O.I. The second-order valence-electron chi connectivity index (χ2n) is 7.01. The third-order valence-corrected chi connectivity index (χ3v) is 4.89. The van der Waals surface area contributed by atoms with Crippen LogP contribution < -0.4 is 20.7 Å². The van der Waals surface area contributed by atoms with Gasteiger partial charge in [-0.2, -0.15) is 0 Å². The van der Waals surface area contributed by atoms with Gasteiger partial charge in [0, 0.05) is 26.6 Å². The smallest absolute Gasteiger partial charge is 0.216 e. The van der Waals surface area contributed by atoms with Crippen molar-refractivity contribution in [3.8, 4) is 5.75 Å². The number of nitrogens with one attached hydrogen (secondary N) is 3. The molecule has 1 fully saturated rings. The highest BCUT2D eigenvalue weighted by atomic mass is 127. The molecule has 164 valence electrons. The van der Waals surface area contributed by atoms with Gasteiger partial charge < -0.3 is 20.7 Å². The summed E-state index contributed by atoms with van der Waals surface area (Å²) in [4.78, 5) is 18.4. The van der Waals surface area contributed by atoms with Crippen molar-refractivity contribution in [2.45, 2.75) is 39.2 Å². The lowest BCUT2D eigenvalue weighted by Crippen LogP contribution is -2.42. The molecule has 2 rings (SSSR count). The molecule has 29 heavy (non-hydrogen) atoms. The molecule has 1 atom stereocenters. The zero-order valence-corrected chi connectivity index (χ0v) is 20.2. The van der Waals surface area contributed by atoms with Crippen molar-refractivity contribution in [3.05, 3.63) is 29.8 Å². The van der Waals surface area contributed by atoms with Crippen molar-refractivity contribution in [2.75, 3.05) is 46.4 Å². The fraction of sp³-hybridized carbons (Fsp3) is 0.619. The minimum atomic E-state index is -0.0200. The quantitative estimate of drug-likeness (QED) is 0.203. The molecule has 0 radical (unpaired) electrons. The zero-order chi connectivity index (χ0) is 20.2. The minimum absolute atomic E-state index is 0. The zero-order valence-electron chi connectivity index (χ0n) is 17.9. The van der Waals surface area contributed by atoms with Gasteiger partial charge in [-0.15, -0.1) is 24.0 Å².